The summed E-state index contributed by atoms with van der Waals surface area (Å²) in [5.74, 6) is -0.178. The van der Waals surface area contributed by atoms with Crippen molar-refractivity contribution in [1.82, 2.24) is 9.80 Å². The number of piperazine rings is 1. The smallest absolute Gasteiger partial charge is 0.253 e. The second-order valence-corrected chi connectivity index (χ2v) is 6.70. The molecule has 1 aromatic rings. The molecule has 0 saturated carbocycles. The number of rotatable bonds is 3. The molecule has 0 radical (unpaired) electrons. The van der Waals surface area contributed by atoms with E-state index in [1.54, 1.807) is 4.90 Å². The lowest BCUT2D eigenvalue weighted by Gasteiger charge is -2.38. The van der Waals surface area contributed by atoms with Crippen LogP contribution in [0.5, 0.6) is 0 Å². The van der Waals surface area contributed by atoms with Gasteiger partial charge in [0.25, 0.3) is 5.91 Å². The molecule has 1 atom stereocenters. The molecule has 1 aliphatic rings. The SMILES string of the molecule is CN1CCN(C(=O)c2ccc(S(N)(=O)=O)cc2)C[C@H]1CO. The van der Waals surface area contributed by atoms with Crippen LogP contribution in [-0.4, -0.2) is 68.6 Å². The molecule has 21 heavy (non-hydrogen) atoms. The monoisotopic (exact) mass is 313 g/mol. The van der Waals surface area contributed by atoms with Gasteiger partial charge in [-0.2, -0.15) is 0 Å². The van der Waals surface area contributed by atoms with E-state index < -0.39 is 10.0 Å². The summed E-state index contributed by atoms with van der Waals surface area (Å²) in [6, 6.07) is 5.47. The van der Waals surface area contributed by atoms with Crippen molar-refractivity contribution in [3.63, 3.8) is 0 Å². The summed E-state index contributed by atoms with van der Waals surface area (Å²) in [4.78, 5) is 16.0. The number of nitrogens with zero attached hydrogens (tertiary/aromatic N) is 2. The highest BCUT2D eigenvalue weighted by Gasteiger charge is 2.27. The summed E-state index contributed by atoms with van der Waals surface area (Å²) in [7, 11) is -1.85. The Morgan fingerprint density at radius 1 is 1.33 bits per heavy atom. The lowest BCUT2D eigenvalue weighted by atomic mass is 10.1. The van der Waals surface area contributed by atoms with Crippen molar-refractivity contribution in [2.45, 2.75) is 10.9 Å². The molecule has 0 aliphatic carbocycles. The van der Waals surface area contributed by atoms with Crippen LogP contribution in [0.15, 0.2) is 29.2 Å². The maximum atomic E-state index is 12.4. The summed E-state index contributed by atoms with van der Waals surface area (Å²) >= 11 is 0. The first-order chi connectivity index (χ1) is 9.82. The van der Waals surface area contributed by atoms with Crippen LogP contribution in [0.25, 0.3) is 0 Å². The van der Waals surface area contributed by atoms with Crippen LogP contribution < -0.4 is 5.14 Å². The summed E-state index contributed by atoms with van der Waals surface area (Å²) in [5.41, 5.74) is 0.406. The molecule has 1 amide bonds. The summed E-state index contributed by atoms with van der Waals surface area (Å²) in [6.45, 7) is 1.70. The van der Waals surface area contributed by atoms with E-state index in [9.17, 15) is 18.3 Å². The second-order valence-electron chi connectivity index (χ2n) is 5.14. The first kappa shape index (κ1) is 15.9. The third kappa shape index (κ3) is 3.59. The fraction of sp³-hybridized carbons (Fsp3) is 0.462. The third-order valence-corrected chi connectivity index (χ3v) is 4.63. The van der Waals surface area contributed by atoms with Gasteiger partial charge in [0, 0.05) is 25.2 Å². The van der Waals surface area contributed by atoms with Gasteiger partial charge < -0.3 is 10.0 Å². The maximum absolute atomic E-state index is 12.4. The molecule has 0 spiro atoms. The number of aliphatic hydroxyl groups is 1. The largest absolute Gasteiger partial charge is 0.395 e. The van der Waals surface area contributed by atoms with E-state index in [1.807, 2.05) is 11.9 Å². The van der Waals surface area contributed by atoms with Gasteiger partial charge in [0.2, 0.25) is 10.0 Å². The molecular formula is C13H19N3O4S. The molecule has 1 fully saturated rings. The highest BCUT2D eigenvalue weighted by atomic mass is 32.2. The maximum Gasteiger partial charge on any atom is 0.253 e. The molecule has 8 heteroatoms. The number of likely N-dealkylation sites (N-methyl/N-ethyl adjacent to an activating group) is 1. The molecule has 0 aromatic heterocycles. The first-order valence-corrected chi connectivity index (χ1v) is 8.11. The van der Waals surface area contributed by atoms with Gasteiger partial charge in [0.15, 0.2) is 0 Å². The topological polar surface area (TPSA) is 104 Å². The number of hydrogen-bond acceptors (Lipinski definition) is 5. The number of benzene rings is 1. The van der Waals surface area contributed by atoms with Gasteiger partial charge in [0.1, 0.15) is 0 Å². The van der Waals surface area contributed by atoms with Crippen LogP contribution in [0.2, 0.25) is 0 Å². The molecule has 1 aliphatic heterocycles. The van der Waals surface area contributed by atoms with Crippen molar-refractivity contribution in [3.05, 3.63) is 29.8 Å². The molecule has 1 aromatic carbocycles. The minimum Gasteiger partial charge on any atom is -0.395 e. The number of aliphatic hydroxyl groups excluding tert-OH is 1. The average molecular weight is 313 g/mol. The molecule has 7 nitrogen and oxygen atoms in total. The van der Waals surface area contributed by atoms with Crippen molar-refractivity contribution in [2.24, 2.45) is 5.14 Å². The minimum atomic E-state index is -3.75. The molecule has 1 saturated heterocycles. The Morgan fingerprint density at radius 2 is 1.95 bits per heavy atom. The van der Waals surface area contributed by atoms with E-state index in [0.29, 0.717) is 25.2 Å². The predicted octanol–water partition coefficient (Wildman–Crippen LogP) is -0.917. The summed E-state index contributed by atoms with van der Waals surface area (Å²) in [5, 5.41) is 14.3. The number of sulfonamides is 1. The van der Waals surface area contributed by atoms with Gasteiger partial charge in [-0.1, -0.05) is 0 Å². The highest BCUT2D eigenvalue weighted by Crippen LogP contribution is 2.14. The van der Waals surface area contributed by atoms with Crippen molar-refractivity contribution in [3.8, 4) is 0 Å². The van der Waals surface area contributed by atoms with Crippen LogP contribution in [0, 0.1) is 0 Å². The number of carbonyl (C=O) groups excluding carboxylic acids is 1. The Hall–Kier alpha value is -1.48. The fourth-order valence-electron chi connectivity index (χ4n) is 2.30. The molecule has 3 N–H and O–H groups in total. The van der Waals surface area contributed by atoms with Crippen LogP contribution in [-0.2, 0) is 10.0 Å². The van der Waals surface area contributed by atoms with Gasteiger partial charge in [-0.15, -0.1) is 0 Å². The van der Waals surface area contributed by atoms with Crippen molar-refractivity contribution < 1.29 is 18.3 Å². The molecular weight excluding hydrogens is 294 g/mol. The lowest BCUT2D eigenvalue weighted by molar-refractivity contribution is 0.0421. The zero-order valence-corrected chi connectivity index (χ0v) is 12.6. The van der Waals surface area contributed by atoms with E-state index in [4.69, 9.17) is 5.14 Å². The van der Waals surface area contributed by atoms with Crippen molar-refractivity contribution >= 4 is 15.9 Å². The average Bonchev–Trinajstić information content (AvgIpc) is 2.46. The van der Waals surface area contributed by atoms with Gasteiger partial charge in [-0.3, -0.25) is 9.69 Å². The second kappa shape index (κ2) is 6.10. The Morgan fingerprint density at radius 3 is 2.48 bits per heavy atom. The molecule has 0 bridgehead atoms. The third-order valence-electron chi connectivity index (χ3n) is 3.70. The van der Waals surface area contributed by atoms with Crippen LogP contribution in [0.4, 0.5) is 0 Å². The van der Waals surface area contributed by atoms with E-state index in [2.05, 4.69) is 0 Å². The molecule has 2 rings (SSSR count). The number of hydrogen-bond donors (Lipinski definition) is 2. The van der Waals surface area contributed by atoms with Crippen LogP contribution in [0.3, 0.4) is 0 Å². The Kier molecular flexibility index (Phi) is 4.62. The zero-order chi connectivity index (χ0) is 15.6. The van der Waals surface area contributed by atoms with Gasteiger partial charge >= 0.3 is 0 Å². The van der Waals surface area contributed by atoms with Gasteiger partial charge in [-0.25, -0.2) is 13.6 Å². The lowest BCUT2D eigenvalue weighted by Crippen LogP contribution is -2.54. The van der Waals surface area contributed by atoms with Gasteiger partial charge in [0.05, 0.1) is 17.5 Å². The van der Waals surface area contributed by atoms with Crippen LogP contribution in [0.1, 0.15) is 10.4 Å². The Balaban J connectivity index is 2.13. The number of carbonyl (C=O) groups is 1. The minimum absolute atomic E-state index is 0.00929. The normalized spacial score (nSPS) is 20.5. The Labute approximate surface area is 124 Å². The Bertz CT molecular complexity index is 615. The standard InChI is InChI=1S/C13H19N3O4S/c1-15-6-7-16(8-11(15)9-17)13(18)10-2-4-12(5-3-10)21(14,19)20/h2-5,11,17H,6-9H2,1H3,(H2,14,19,20)/t11-/m0/s1. The molecule has 116 valence electrons. The van der Waals surface area contributed by atoms with E-state index >= 15 is 0 Å². The van der Waals surface area contributed by atoms with Crippen molar-refractivity contribution in [2.75, 3.05) is 33.3 Å². The first-order valence-electron chi connectivity index (χ1n) is 6.56. The van der Waals surface area contributed by atoms with Gasteiger partial charge in [-0.05, 0) is 31.3 Å². The van der Waals surface area contributed by atoms with E-state index in [-0.39, 0.29) is 23.5 Å². The zero-order valence-electron chi connectivity index (χ0n) is 11.8. The fourth-order valence-corrected chi connectivity index (χ4v) is 2.81. The highest BCUT2D eigenvalue weighted by molar-refractivity contribution is 7.89. The number of amides is 1. The quantitative estimate of drug-likeness (QED) is 0.751. The van der Waals surface area contributed by atoms with E-state index in [1.165, 1.54) is 24.3 Å². The number of primary sulfonamides is 1. The predicted molar refractivity (Wildman–Crippen MR) is 77.2 cm³/mol. The van der Waals surface area contributed by atoms with Crippen LogP contribution >= 0.6 is 0 Å². The van der Waals surface area contributed by atoms with Crippen molar-refractivity contribution in [1.29, 1.82) is 0 Å². The summed E-state index contributed by atoms with van der Waals surface area (Å²) < 4.78 is 22.4. The van der Waals surface area contributed by atoms with E-state index in [0.717, 1.165) is 0 Å². The molecule has 1 heterocycles. The number of nitrogens with two attached hydrogens (primary N) is 1. The molecule has 0 unspecified atom stereocenters. The summed E-state index contributed by atoms with van der Waals surface area (Å²) in [6.07, 6.45) is 0.